The van der Waals surface area contributed by atoms with E-state index in [1.165, 1.54) is 0 Å². The molecule has 2 aromatic carbocycles. The molecule has 3 rings (SSSR count). The van der Waals surface area contributed by atoms with Crippen LogP contribution in [0.2, 0.25) is 0 Å². The third kappa shape index (κ3) is 2.72. The van der Waals surface area contributed by atoms with Gasteiger partial charge in [0.1, 0.15) is 18.1 Å². The average Bonchev–Trinajstić information content (AvgIpc) is 2.48. The zero-order valence-electron chi connectivity index (χ0n) is 10.9. The molecule has 3 nitrogen and oxygen atoms in total. The molecule has 0 N–H and O–H groups in total. The van der Waals surface area contributed by atoms with E-state index < -0.39 is 0 Å². The van der Waals surface area contributed by atoms with Crippen LogP contribution in [0, 0.1) is 0 Å². The van der Waals surface area contributed by atoms with E-state index in [0.29, 0.717) is 12.4 Å². The first-order chi connectivity index (χ1) is 9.83. The van der Waals surface area contributed by atoms with Crippen molar-refractivity contribution >= 4 is 11.7 Å². The number of hydrogen-bond donors (Lipinski definition) is 0. The molecule has 2 aromatic rings. The van der Waals surface area contributed by atoms with Crippen LogP contribution < -0.4 is 4.74 Å². The van der Waals surface area contributed by atoms with Crippen molar-refractivity contribution in [3.05, 3.63) is 71.8 Å². The molecule has 0 bridgehead atoms. The Kier molecular flexibility index (Phi) is 3.50. The summed E-state index contributed by atoms with van der Waals surface area (Å²) in [6.45, 7) is 0.422. The van der Waals surface area contributed by atoms with E-state index in [-0.39, 0.29) is 12.4 Å². The monoisotopic (exact) mass is 266 g/mol. The number of para-hydroxylation sites is 1. The summed E-state index contributed by atoms with van der Waals surface area (Å²) < 4.78 is 10.9. The maximum Gasteiger partial charge on any atom is 0.315 e. The lowest BCUT2D eigenvalue weighted by molar-refractivity contribution is -0.135. The van der Waals surface area contributed by atoms with Crippen LogP contribution in [0.25, 0.3) is 5.76 Å². The summed E-state index contributed by atoms with van der Waals surface area (Å²) >= 11 is 0. The SMILES string of the molecule is O=C(Cc1ccccc1)OC1=CCOc2ccccc21. The number of esters is 1. The maximum absolute atomic E-state index is 12.0. The van der Waals surface area contributed by atoms with Gasteiger partial charge in [0.05, 0.1) is 12.0 Å². The molecular weight excluding hydrogens is 252 g/mol. The van der Waals surface area contributed by atoms with Gasteiger partial charge in [0.15, 0.2) is 0 Å². The number of carbonyl (C=O) groups is 1. The molecule has 0 saturated carbocycles. The van der Waals surface area contributed by atoms with Gasteiger partial charge in [-0.05, 0) is 23.8 Å². The fraction of sp³-hybridized carbons (Fsp3) is 0.118. The van der Waals surface area contributed by atoms with Crippen molar-refractivity contribution in [2.75, 3.05) is 6.61 Å². The van der Waals surface area contributed by atoms with Gasteiger partial charge < -0.3 is 9.47 Å². The highest BCUT2D eigenvalue weighted by Gasteiger charge is 2.17. The lowest BCUT2D eigenvalue weighted by Gasteiger charge is -2.18. The Bertz CT molecular complexity index is 644. The predicted octanol–water partition coefficient (Wildman–Crippen LogP) is 3.21. The van der Waals surface area contributed by atoms with Crippen molar-refractivity contribution in [2.24, 2.45) is 0 Å². The summed E-state index contributed by atoms with van der Waals surface area (Å²) in [5.41, 5.74) is 1.76. The molecule has 0 unspecified atom stereocenters. The molecule has 0 atom stereocenters. The van der Waals surface area contributed by atoms with Crippen molar-refractivity contribution in [3.8, 4) is 5.75 Å². The third-order valence-corrected chi connectivity index (χ3v) is 3.08. The molecule has 0 aromatic heterocycles. The summed E-state index contributed by atoms with van der Waals surface area (Å²) in [7, 11) is 0. The van der Waals surface area contributed by atoms with Crippen molar-refractivity contribution < 1.29 is 14.3 Å². The molecule has 3 heteroatoms. The van der Waals surface area contributed by atoms with Gasteiger partial charge in [-0.25, -0.2) is 0 Å². The second-order valence-corrected chi connectivity index (χ2v) is 4.51. The van der Waals surface area contributed by atoms with Crippen LogP contribution in [0.4, 0.5) is 0 Å². The van der Waals surface area contributed by atoms with E-state index in [9.17, 15) is 4.79 Å². The van der Waals surface area contributed by atoms with E-state index in [0.717, 1.165) is 16.9 Å². The van der Waals surface area contributed by atoms with Crippen LogP contribution >= 0.6 is 0 Å². The molecule has 20 heavy (non-hydrogen) atoms. The van der Waals surface area contributed by atoms with Gasteiger partial charge >= 0.3 is 5.97 Å². The molecule has 0 spiro atoms. The largest absolute Gasteiger partial charge is 0.489 e. The Morgan fingerprint density at radius 1 is 1.05 bits per heavy atom. The zero-order chi connectivity index (χ0) is 13.8. The second kappa shape index (κ2) is 5.61. The van der Waals surface area contributed by atoms with Crippen molar-refractivity contribution in [1.82, 2.24) is 0 Å². The minimum Gasteiger partial charge on any atom is -0.489 e. The molecule has 0 saturated heterocycles. The molecule has 0 radical (unpaired) electrons. The fourth-order valence-corrected chi connectivity index (χ4v) is 2.13. The maximum atomic E-state index is 12.0. The van der Waals surface area contributed by atoms with Crippen LogP contribution in [-0.2, 0) is 16.0 Å². The quantitative estimate of drug-likeness (QED) is 0.800. The Morgan fingerprint density at radius 3 is 2.65 bits per heavy atom. The summed E-state index contributed by atoms with van der Waals surface area (Å²) in [6, 6.07) is 17.1. The van der Waals surface area contributed by atoms with Crippen LogP contribution in [0.15, 0.2) is 60.7 Å². The third-order valence-electron chi connectivity index (χ3n) is 3.08. The topological polar surface area (TPSA) is 35.5 Å². The first-order valence-corrected chi connectivity index (χ1v) is 6.50. The minimum absolute atomic E-state index is 0.265. The smallest absolute Gasteiger partial charge is 0.315 e. The summed E-state index contributed by atoms with van der Waals surface area (Å²) in [5.74, 6) is 1.06. The van der Waals surface area contributed by atoms with E-state index in [1.807, 2.05) is 54.6 Å². The van der Waals surface area contributed by atoms with Crippen molar-refractivity contribution in [1.29, 1.82) is 0 Å². The summed E-state index contributed by atoms with van der Waals surface area (Å²) in [5, 5.41) is 0. The zero-order valence-corrected chi connectivity index (χ0v) is 10.9. The Balaban J connectivity index is 1.72. The fourth-order valence-electron chi connectivity index (χ4n) is 2.13. The van der Waals surface area contributed by atoms with E-state index in [4.69, 9.17) is 9.47 Å². The second-order valence-electron chi connectivity index (χ2n) is 4.51. The molecule has 0 aliphatic carbocycles. The number of ether oxygens (including phenoxy) is 2. The molecule has 0 fully saturated rings. The number of fused-ring (bicyclic) bond motifs is 1. The highest BCUT2D eigenvalue weighted by atomic mass is 16.5. The highest BCUT2D eigenvalue weighted by Crippen LogP contribution is 2.30. The van der Waals surface area contributed by atoms with Gasteiger partial charge in [0, 0.05) is 0 Å². The molecule has 1 heterocycles. The number of rotatable bonds is 3. The van der Waals surface area contributed by atoms with Crippen LogP contribution in [0.5, 0.6) is 5.75 Å². The lowest BCUT2D eigenvalue weighted by atomic mass is 10.1. The van der Waals surface area contributed by atoms with Crippen LogP contribution in [0.1, 0.15) is 11.1 Å². The van der Waals surface area contributed by atoms with Gasteiger partial charge in [-0.1, -0.05) is 42.5 Å². The number of hydrogen-bond acceptors (Lipinski definition) is 3. The lowest BCUT2D eigenvalue weighted by Crippen LogP contribution is -2.12. The normalized spacial score (nSPS) is 12.9. The Labute approximate surface area is 117 Å². The molecule has 100 valence electrons. The van der Waals surface area contributed by atoms with E-state index in [2.05, 4.69) is 0 Å². The van der Waals surface area contributed by atoms with Gasteiger partial charge in [-0.2, -0.15) is 0 Å². The molecular formula is C17H14O3. The minimum atomic E-state index is -0.265. The number of carbonyl (C=O) groups excluding carboxylic acids is 1. The first-order valence-electron chi connectivity index (χ1n) is 6.50. The van der Waals surface area contributed by atoms with Crippen LogP contribution in [0.3, 0.4) is 0 Å². The Morgan fingerprint density at radius 2 is 1.80 bits per heavy atom. The van der Waals surface area contributed by atoms with E-state index in [1.54, 1.807) is 6.08 Å². The van der Waals surface area contributed by atoms with Gasteiger partial charge in [0.2, 0.25) is 0 Å². The van der Waals surface area contributed by atoms with E-state index >= 15 is 0 Å². The van der Waals surface area contributed by atoms with Gasteiger partial charge in [-0.15, -0.1) is 0 Å². The molecule has 1 aliphatic heterocycles. The standard InChI is InChI=1S/C17H14O3/c18-17(12-13-6-2-1-3-7-13)20-16-10-11-19-15-9-5-4-8-14(15)16/h1-10H,11-12H2. The Hall–Kier alpha value is -2.55. The predicted molar refractivity (Wildman–Crippen MR) is 76.2 cm³/mol. The van der Waals surface area contributed by atoms with Gasteiger partial charge in [-0.3, -0.25) is 4.79 Å². The van der Waals surface area contributed by atoms with Gasteiger partial charge in [0.25, 0.3) is 0 Å². The van der Waals surface area contributed by atoms with Crippen molar-refractivity contribution in [3.63, 3.8) is 0 Å². The highest BCUT2D eigenvalue weighted by molar-refractivity contribution is 5.81. The first kappa shape index (κ1) is 12.5. The molecule has 1 aliphatic rings. The van der Waals surface area contributed by atoms with Crippen molar-refractivity contribution in [2.45, 2.75) is 6.42 Å². The summed E-state index contributed by atoms with van der Waals surface area (Å²) in [6.07, 6.45) is 2.05. The van der Waals surface area contributed by atoms with Crippen LogP contribution in [-0.4, -0.2) is 12.6 Å². The summed E-state index contributed by atoms with van der Waals surface area (Å²) in [4.78, 5) is 12.0. The number of benzene rings is 2. The average molecular weight is 266 g/mol. The molecule has 0 amide bonds.